The topological polar surface area (TPSA) is 288 Å². The summed E-state index contributed by atoms with van der Waals surface area (Å²) in [6, 6.07) is 6.14. The van der Waals surface area contributed by atoms with Gasteiger partial charge in [-0.3, -0.25) is 4.79 Å². The fourth-order valence-corrected chi connectivity index (χ4v) is 12.1. The molecule has 0 unspecified atom stereocenters. The van der Waals surface area contributed by atoms with Gasteiger partial charge in [-0.15, -0.1) is 5.10 Å². The molecular formula is C57H91FN8O15. The Labute approximate surface area is 476 Å². The lowest BCUT2D eigenvalue weighted by Crippen LogP contribution is -2.61. The lowest BCUT2D eigenvalue weighted by molar-refractivity contribution is -0.319. The molecule has 0 radical (unpaired) electrons. The Hall–Kier alpha value is -4.41. The van der Waals surface area contributed by atoms with Crippen LogP contribution in [0.15, 0.2) is 48.0 Å². The van der Waals surface area contributed by atoms with Crippen molar-refractivity contribution in [2.24, 2.45) is 28.8 Å². The van der Waals surface area contributed by atoms with Crippen LogP contribution in [0.5, 0.6) is 0 Å². The number of nitrogens with zero attached hydrogens (tertiary/aromatic N) is 7. The van der Waals surface area contributed by atoms with Gasteiger partial charge < -0.3 is 78.5 Å². The summed E-state index contributed by atoms with van der Waals surface area (Å²) in [7, 11) is 7.89. The first-order valence-electron chi connectivity index (χ1n) is 28.1. The van der Waals surface area contributed by atoms with Crippen LogP contribution in [-0.2, 0) is 58.7 Å². The summed E-state index contributed by atoms with van der Waals surface area (Å²) < 4.78 is 72.9. The maximum absolute atomic E-state index is 15.0. The van der Waals surface area contributed by atoms with Crippen LogP contribution in [0, 0.1) is 23.7 Å². The van der Waals surface area contributed by atoms with Crippen molar-refractivity contribution in [1.82, 2.24) is 29.9 Å². The molecule has 3 aliphatic rings. The zero-order valence-corrected chi connectivity index (χ0v) is 49.9. The molecule has 3 aromatic rings. The molecule has 23 nitrogen and oxygen atoms in total. The number of aliphatic hydroxyl groups excluding tert-OH is 3. The first-order valence-corrected chi connectivity index (χ1v) is 28.1. The summed E-state index contributed by atoms with van der Waals surface area (Å²) >= 11 is 0. The molecule has 3 saturated heterocycles. The molecular weight excluding hydrogens is 1060 g/mol. The lowest BCUT2D eigenvalue weighted by atomic mass is 9.73. The molecule has 2 aromatic heterocycles. The predicted molar refractivity (Wildman–Crippen MR) is 296 cm³/mol. The maximum atomic E-state index is 15.0. The van der Waals surface area contributed by atoms with Gasteiger partial charge in [0.15, 0.2) is 12.6 Å². The Morgan fingerprint density at radius 1 is 0.914 bits per heavy atom. The first-order chi connectivity index (χ1) is 38.3. The van der Waals surface area contributed by atoms with Crippen LogP contribution in [0.25, 0.3) is 11.1 Å². The second-order valence-corrected chi connectivity index (χ2v) is 23.1. The third kappa shape index (κ3) is 15.1. The molecule has 456 valence electrons. The SMILES string of the molecule is CC[C@H]1OC(=O)[C@H](C)[C@@H](O[C@H]2C[C@@](C)(OC)[C@@H](O)[C@H](C)O2)[C@H](C)[C@@H](O[C@@H]2O[C@H](C)C[C@H](N(C)CCc3cn([C@H](CF)[C@H](OC)c4ccc(-c5cnc(N)nc5)cc4)nn3)[C@H]2O)[C@](C)(OC)C[C@@H](C)/C(=N\OCOC)[C@H](C)[C@@H](O)[C@]1(C)O. The Morgan fingerprint density at radius 3 is 2.19 bits per heavy atom. The second-order valence-electron chi connectivity index (χ2n) is 23.1. The second kappa shape index (κ2) is 28.4. The van der Waals surface area contributed by atoms with E-state index in [0.717, 1.165) is 16.7 Å². The van der Waals surface area contributed by atoms with Crippen molar-refractivity contribution < 1.29 is 77.1 Å². The molecule has 0 spiro atoms. The van der Waals surface area contributed by atoms with E-state index in [-0.39, 0.29) is 32.0 Å². The number of esters is 1. The molecule has 20 atom stereocenters. The van der Waals surface area contributed by atoms with E-state index in [1.807, 2.05) is 63.9 Å². The Bertz CT molecular complexity index is 2460. The minimum Gasteiger partial charge on any atom is -0.459 e. The maximum Gasteiger partial charge on any atom is 0.311 e. The molecule has 0 saturated carbocycles. The molecule has 5 heterocycles. The van der Waals surface area contributed by atoms with Gasteiger partial charge in [0.25, 0.3) is 0 Å². The average molecular weight is 1150 g/mol. The smallest absolute Gasteiger partial charge is 0.311 e. The van der Waals surface area contributed by atoms with Crippen LogP contribution in [-0.4, -0.2) is 202 Å². The largest absolute Gasteiger partial charge is 0.459 e. The zero-order valence-electron chi connectivity index (χ0n) is 49.9. The highest BCUT2D eigenvalue weighted by Crippen LogP contribution is 2.42. The average Bonchev–Trinajstić information content (AvgIpc) is 3.95. The van der Waals surface area contributed by atoms with E-state index >= 15 is 4.39 Å². The monoisotopic (exact) mass is 1150 g/mol. The number of nitrogens with two attached hydrogens (primary N) is 1. The van der Waals surface area contributed by atoms with E-state index in [4.69, 9.17) is 53.2 Å². The number of rotatable bonds is 20. The third-order valence-corrected chi connectivity index (χ3v) is 17.2. The molecule has 1 aromatic carbocycles. The van der Waals surface area contributed by atoms with E-state index in [0.29, 0.717) is 30.8 Å². The minimum absolute atomic E-state index is 0.0793. The Morgan fingerprint density at radius 2 is 1.58 bits per heavy atom. The minimum atomic E-state index is -1.98. The number of hydrogen-bond acceptors (Lipinski definition) is 22. The zero-order chi connectivity index (χ0) is 59.7. The number of carbonyl (C=O) groups is 1. The number of likely N-dealkylation sites (N-methyl/N-ethyl adjacent to an activating group) is 1. The number of anilines is 1. The number of methoxy groups -OCH3 is 4. The normalized spacial score (nSPS) is 36.9. The molecule has 0 amide bonds. The highest BCUT2D eigenvalue weighted by Gasteiger charge is 2.54. The van der Waals surface area contributed by atoms with Crippen molar-refractivity contribution in [1.29, 1.82) is 0 Å². The quantitative estimate of drug-likeness (QED) is 0.0431. The Kier molecular flexibility index (Phi) is 23.1. The van der Waals surface area contributed by atoms with Crippen molar-refractivity contribution in [2.45, 2.75) is 198 Å². The number of carbonyl (C=O) groups excluding carboxylic acids is 1. The number of benzene rings is 1. The number of cyclic esters (lactones) is 1. The van der Waals surface area contributed by atoms with Gasteiger partial charge in [-0.2, -0.15) is 0 Å². The number of hydrogen-bond donors (Lipinski definition) is 5. The number of aliphatic hydroxyl groups is 4. The van der Waals surface area contributed by atoms with Crippen LogP contribution in [0.4, 0.5) is 10.3 Å². The van der Waals surface area contributed by atoms with Gasteiger partial charge >= 0.3 is 5.97 Å². The molecule has 81 heavy (non-hydrogen) atoms. The molecule has 6 rings (SSSR count). The van der Waals surface area contributed by atoms with Crippen molar-refractivity contribution in [3.63, 3.8) is 0 Å². The molecule has 0 aliphatic carbocycles. The van der Waals surface area contributed by atoms with Gasteiger partial charge in [-0.1, -0.05) is 62.3 Å². The summed E-state index contributed by atoms with van der Waals surface area (Å²) in [5, 5.41) is 61.1. The summed E-state index contributed by atoms with van der Waals surface area (Å²) in [6.07, 6.45) is -5.07. The van der Waals surface area contributed by atoms with E-state index < -0.39 is 133 Å². The number of nitrogen functional groups attached to an aromatic ring is 1. The van der Waals surface area contributed by atoms with Gasteiger partial charge in [0, 0.05) is 95.8 Å². The fourth-order valence-electron chi connectivity index (χ4n) is 12.1. The molecule has 6 N–H and O–H groups in total. The van der Waals surface area contributed by atoms with E-state index in [2.05, 4.69) is 25.4 Å². The predicted octanol–water partition coefficient (Wildman–Crippen LogP) is 4.99. The van der Waals surface area contributed by atoms with Crippen LogP contribution in [0.2, 0.25) is 0 Å². The number of aromatic nitrogens is 5. The van der Waals surface area contributed by atoms with Gasteiger partial charge in [0.05, 0.1) is 59.0 Å². The van der Waals surface area contributed by atoms with Crippen LogP contribution in [0.1, 0.15) is 118 Å². The third-order valence-electron chi connectivity index (χ3n) is 17.2. The molecule has 3 aliphatic heterocycles. The Balaban J connectivity index is 1.30. The van der Waals surface area contributed by atoms with E-state index in [1.54, 1.807) is 53.2 Å². The van der Waals surface area contributed by atoms with Gasteiger partial charge in [-0.25, -0.2) is 19.0 Å². The van der Waals surface area contributed by atoms with Crippen LogP contribution < -0.4 is 5.73 Å². The summed E-state index contributed by atoms with van der Waals surface area (Å²) in [5.74, 6) is -3.85. The molecule has 24 heteroatoms. The van der Waals surface area contributed by atoms with Crippen molar-refractivity contribution in [2.75, 3.05) is 61.2 Å². The van der Waals surface area contributed by atoms with Crippen LogP contribution >= 0.6 is 0 Å². The van der Waals surface area contributed by atoms with E-state index in [9.17, 15) is 25.2 Å². The van der Waals surface area contributed by atoms with Crippen LogP contribution in [0.3, 0.4) is 0 Å². The van der Waals surface area contributed by atoms with E-state index in [1.165, 1.54) is 40.0 Å². The highest BCUT2D eigenvalue weighted by atomic mass is 19.1. The summed E-state index contributed by atoms with van der Waals surface area (Å²) in [4.78, 5) is 30.4. The van der Waals surface area contributed by atoms with Gasteiger partial charge in [0.2, 0.25) is 12.7 Å². The van der Waals surface area contributed by atoms with Crippen molar-refractivity contribution in [3.05, 3.63) is 54.1 Å². The molecule has 3 fully saturated rings. The fraction of sp³-hybridized carbons (Fsp3) is 0.754. The summed E-state index contributed by atoms with van der Waals surface area (Å²) in [5.41, 5.74) is 4.60. The molecule has 0 bridgehead atoms. The van der Waals surface area contributed by atoms with Crippen molar-refractivity contribution >= 4 is 17.6 Å². The standard InChI is InChI=1S/C57H91FN8O15/c1-16-43-57(10,71)49(68)33(4)45(63-76-30-72-12)31(2)24-56(9,75-15)51(34(5)47(35(6)52(70)79-43)80-44-25-55(8,74-14)50(69)36(7)78-44)81-53-46(67)41(23-32(3)77-53)65(11)22-21-40-29-66(64-62-40)42(26-58)48(73-13)38-19-17-37(18-20-38)39-27-60-54(59)61-28-39/h17-20,27-29,31-36,41-44,46-51,53,67-69,71H,16,21-26,30H2,1-15H3,(H2,59,60,61)/b63-45+/t31-,32-,33+,34+,35-,36+,41+,42-,43-,44+,46-,47+,48-,49-,50+,51-,53+,55-,56-,57-/m1/s1. The number of halogens is 1. The summed E-state index contributed by atoms with van der Waals surface area (Å²) in [6.45, 7) is 16.9. The van der Waals surface area contributed by atoms with Crippen molar-refractivity contribution in [3.8, 4) is 11.1 Å². The number of oxime groups is 1. The van der Waals surface area contributed by atoms with Gasteiger partial charge in [-0.05, 0) is 79.0 Å². The number of ether oxygens (including phenoxy) is 9. The lowest BCUT2D eigenvalue weighted by Gasteiger charge is -2.50. The van der Waals surface area contributed by atoms with Gasteiger partial charge in [0.1, 0.15) is 42.7 Å². The number of alkyl halides is 1. The first kappa shape index (κ1) is 65.7. The highest BCUT2D eigenvalue weighted by molar-refractivity contribution is 5.88.